The Kier molecular flexibility index (Phi) is 5.26. The lowest BCUT2D eigenvalue weighted by Crippen LogP contribution is -2.24. The Morgan fingerprint density at radius 2 is 1.92 bits per heavy atom. The maximum atomic E-state index is 13.0. The molecule has 7 heteroatoms. The van der Waals surface area contributed by atoms with E-state index >= 15 is 0 Å². The molecule has 0 aliphatic carbocycles. The summed E-state index contributed by atoms with van der Waals surface area (Å²) in [7, 11) is 1.60. The second-order valence-electron chi connectivity index (χ2n) is 6.17. The molecule has 3 rings (SSSR count). The van der Waals surface area contributed by atoms with E-state index in [-0.39, 0.29) is 11.7 Å². The molecule has 1 N–H and O–H groups in total. The van der Waals surface area contributed by atoms with Crippen LogP contribution in [0.5, 0.6) is 5.75 Å². The SMILES string of the molecule is COc1ccccc1C[C@@H](C(=O)Nc1cc(C)cc(C)c1)c1nnn[n-]1. The fourth-order valence-electron chi connectivity index (χ4n) is 2.96. The largest absolute Gasteiger partial charge is 0.496 e. The van der Waals surface area contributed by atoms with Gasteiger partial charge in [-0.2, -0.15) is 5.21 Å². The average molecular weight is 350 g/mol. The van der Waals surface area contributed by atoms with Gasteiger partial charge in [-0.3, -0.25) is 15.1 Å². The summed E-state index contributed by atoms with van der Waals surface area (Å²) in [6.07, 6.45) is 0.383. The number of methoxy groups -OCH3 is 1. The minimum absolute atomic E-state index is 0.212. The van der Waals surface area contributed by atoms with Gasteiger partial charge in [-0.25, -0.2) is 0 Å². The number of ether oxygens (including phenoxy) is 1. The molecule has 7 nitrogen and oxygen atoms in total. The number of tetrazole rings is 1. The summed E-state index contributed by atoms with van der Waals surface area (Å²) in [5, 5.41) is 17.8. The minimum atomic E-state index is -0.623. The van der Waals surface area contributed by atoms with E-state index in [4.69, 9.17) is 4.74 Å². The Labute approximate surface area is 151 Å². The van der Waals surface area contributed by atoms with Crippen LogP contribution < -0.4 is 15.2 Å². The van der Waals surface area contributed by atoms with Gasteiger partial charge < -0.3 is 15.2 Å². The summed E-state index contributed by atoms with van der Waals surface area (Å²) in [6.45, 7) is 3.98. The van der Waals surface area contributed by atoms with Crippen LogP contribution in [-0.4, -0.2) is 28.5 Å². The molecular formula is C19H20N5O2-. The summed E-state index contributed by atoms with van der Waals surface area (Å²) in [5.41, 5.74) is 3.79. The van der Waals surface area contributed by atoms with Crippen LogP contribution in [0.3, 0.4) is 0 Å². The van der Waals surface area contributed by atoms with Gasteiger partial charge in [-0.1, -0.05) is 24.3 Å². The van der Waals surface area contributed by atoms with E-state index in [1.807, 2.05) is 50.2 Å². The van der Waals surface area contributed by atoms with Gasteiger partial charge in [0.1, 0.15) is 5.75 Å². The van der Waals surface area contributed by atoms with Crippen molar-refractivity contribution in [3.63, 3.8) is 0 Å². The number of hydrogen-bond acceptors (Lipinski definition) is 5. The first-order chi connectivity index (χ1) is 12.6. The van der Waals surface area contributed by atoms with Crippen molar-refractivity contribution in [1.29, 1.82) is 0 Å². The maximum absolute atomic E-state index is 13.0. The van der Waals surface area contributed by atoms with Crippen molar-refractivity contribution in [3.8, 4) is 5.75 Å². The molecule has 0 fully saturated rings. The van der Waals surface area contributed by atoms with Crippen molar-refractivity contribution in [2.45, 2.75) is 26.2 Å². The number of benzene rings is 2. The molecule has 0 spiro atoms. The zero-order chi connectivity index (χ0) is 18.5. The fourth-order valence-corrected chi connectivity index (χ4v) is 2.96. The van der Waals surface area contributed by atoms with Gasteiger partial charge in [0.05, 0.1) is 13.0 Å². The molecule has 0 aliphatic heterocycles. The van der Waals surface area contributed by atoms with Crippen LogP contribution in [0.25, 0.3) is 0 Å². The molecule has 0 aliphatic rings. The normalized spacial score (nSPS) is 11.8. The van der Waals surface area contributed by atoms with Crippen LogP contribution >= 0.6 is 0 Å². The van der Waals surface area contributed by atoms with E-state index in [9.17, 15) is 4.79 Å². The van der Waals surface area contributed by atoms with Crippen molar-refractivity contribution < 1.29 is 9.53 Å². The van der Waals surface area contributed by atoms with Gasteiger partial charge >= 0.3 is 0 Å². The molecule has 2 aromatic carbocycles. The Bertz CT molecular complexity index is 872. The third-order valence-electron chi connectivity index (χ3n) is 4.07. The summed E-state index contributed by atoms with van der Waals surface area (Å²) in [5.74, 6) is 0.166. The van der Waals surface area contributed by atoms with Crippen molar-refractivity contribution >= 4 is 11.6 Å². The number of carbonyl (C=O) groups excluding carboxylic acids is 1. The lowest BCUT2D eigenvalue weighted by Gasteiger charge is -2.19. The van der Waals surface area contributed by atoms with E-state index in [1.165, 1.54) is 0 Å². The molecule has 1 aromatic heterocycles. The highest BCUT2D eigenvalue weighted by Gasteiger charge is 2.22. The van der Waals surface area contributed by atoms with Gasteiger partial charge in [0.15, 0.2) is 0 Å². The molecule has 0 unspecified atom stereocenters. The highest BCUT2D eigenvalue weighted by Crippen LogP contribution is 2.26. The van der Waals surface area contributed by atoms with Gasteiger partial charge in [-0.15, -0.1) is 0 Å². The third-order valence-corrected chi connectivity index (χ3v) is 4.07. The number of nitrogens with one attached hydrogen (secondary N) is 1. The topological polar surface area (TPSA) is 91.1 Å². The Hall–Kier alpha value is -3.22. The number of rotatable bonds is 6. The van der Waals surface area contributed by atoms with E-state index in [2.05, 4.69) is 32.0 Å². The first-order valence-corrected chi connectivity index (χ1v) is 8.26. The molecule has 0 saturated carbocycles. The quantitative estimate of drug-likeness (QED) is 0.734. The number of hydrogen-bond donors (Lipinski definition) is 1. The van der Waals surface area contributed by atoms with E-state index < -0.39 is 5.92 Å². The Morgan fingerprint density at radius 3 is 2.58 bits per heavy atom. The van der Waals surface area contributed by atoms with Crippen molar-refractivity contribution in [3.05, 3.63) is 65.0 Å². The molecule has 1 atom stereocenters. The van der Waals surface area contributed by atoms with E-state index in [1.54, 1.807) is 7.11 Å². The van der Waals surface area contributed by atoms with Crippen LogP contribution in [0.1, 0.15) is 28.4 Å². The second-order valence-corrected chi connectivity index (χ2v) is 6.17. The third kappa shape index (κ3) is 4.05. The molecule has 1 heterocycles. The highest BCUT2D eigenvalue weighted by atomic mass is 16.5. The Balaban J connectivity index is 1.87. The smallest absolute Gasteiger partial charge is 0.232 e. The second kappa shape index (κ2) is 7.77. The molecule has 26 heavy (non-hydrogen) atoms. The molecule has 134 valence electrons. The van der Waals surface area contributed by atoms with Crippen molar-refractivity contribution in [2.75, 3.05) is 12.4 Å². The average Bonchev–Trinajstić information content (AvgIpc) is 3.13. The van der Waals surface area contributed by atoms with E-state index in [0.29, 0.717) is 12.2 Å². The van der Waals surface area contributed by atoms with Crippen LogP contribution in [-0.2, 0) is 11.2 Å². The number of amides is 1. The minimum Gasteiger partial charge on any atom is -0.496 e. The van der Waals surface area contributed by atoms with Gasteiger partial charge in [0, 0.05) is 11.5 Å². The van der Waals surface area contributed by atoms with Gasteiger partial charge in [0.2, 0.25) is 5.91 Å². The summed E-state index contributed by atoms with van der Waals surface area (Å²) >= 11 is 0. The zero-order valence-corrected chi connectivity index (χ0v) is 14.9. The lowest BCUT2D eigenvalue weighted by atomic mass is 9.96. The van der Waals surface area contributed by atoms with Crippen LogP contribution in [0, 0.1) is 13.8 Å². The predicted octanol–water partition coefficient (Wildman–Crippen LogP) is 2.42. The van der Waals surface area contributed by atoms with Crippen molar-refractivity contribution in [1.82, 2.24) is 20.6 Å². The zero-order valence-electron chi connectivity index (χ0n) is 14.9. The fraction of sp³-hybridized carbons (Fsp3) is 0.263. The van der Waals surface area contributed by atoms with Gasteiger partial charge in [-0.05, 0) is 55.2 Å². The first kappa shape index (κ1) is 17.6. The number of para-hydroxylation sites is 1. The number of anilines is 1. The van der Waals surface area contributed by atoms with Gasteiger partial charge in [0.25, 0.3) is 0 Å². The van der Waals surface area contributed by atoms with Crippen LogP contribution in [0.2, 0.25) is 0 Å². The lowest BCUT2D eigenvalue weighted by molar-refractivity contribution is -0.117. The summed E-state index contributed by atoms with van der Waals surface area (Å²) in [6, 6.07) is 13.5. The molecule has 1 amide bonds. The van der Waals surface area contributed by atoms with Crippen molar-refractivity contribution in [2.24, 2.45) is 0 Å². The predicted molar refractivity (Wildman–Crippen MR) is 97.1 cm³/mol. The molecular weight excluding hydrogens is 330 g/mol. The standard InChI is InChI=1S/C19H21N5O2/c1-12-8-13(2)10-15(9-12)20-19(25)16(18-21-23-24-22-18)11-14-6-4-5-7-17(14)26-3/h4-10,16H,11H2,1-3H3,(H2,20,21,22,23,24,25)/p-1/t16-/m1/s1. The number of carbonyl (C=O) groups is 1. The van der Waals surface area contributed by atoms with E-state index in [0.717, 1.165) is 22.4 Å². The number of aromatic nitrogens is 4. The van der Waals surface area contributed by atoms with Crippen LogP contribution in [0.15, 0.2) is 42.5 Å². The summed E-state index contributed by atoms with van der Waals surface area (Å²) < 4.78 is 5.39. The molecule has 0 bridgehead atoms. The number of aryl methyl sites for hydroxylation is 2. The maximum Gasteiger partial charge on any atom is 0.232 e. The van der Waals surface area contributed by atoms with Crippen LogP contribution in [0.4, 0.5) is 5.69 Å². The molecule has 3 aromatic rings. The summed E-state index contributed by atoms with van der Waals surface area (Å²) in [4.78, 5) is 13.0. The molecule has 0 saturated heterocycles. The highest BCUT2D eigenvalue weighted by molar-refractivity contribution is 5.95. The number of nitrogens with zero attached hydrogens (tertiary/aromatic N) is 4. The monoisotopic (exact) mass is 350 g/mol. The first-order valence-electron chi connectivity index (χ1n) is 8.26. The Morgan fingerprint density at radius 1 is 1.19 bits per heavy atom. The molecule has 0 radical (unpaired) electrons.